The first kappa shape index (κ1) is 19.9. The first-order chi connectivity index (χ1) is 16.7. The average Bonchev–Trinajstić information content (AvgIpc) is 3.05. The van der Waals surface area contributed by atoms with Crippen molar-refractivity contribution in [3.8, 4) is 0 Å². The number of benzene rings is 4. The van der Waals surface area contributed by atoms with Crippen LogP contribution in [0.3, 0.4) is 0 Å². The molecule has 0 amide bonds. The zero-order valence-electron chi connectivity index (χ0n) is 19.5. The van der Waals surface area contributed by atoms with Gasteiger partial charge in [0.25, 0.3) is 0 Å². The standard InChI is InChI=1S/C31H28N2O/c1-31(20-34-21-31)19-32-29-13-7-4-10-25(29)26-17-16-24(18-30(26)32)33-27-11-5-2-8-22(27)14-15-23-9-3-6-12-28(23)33/h2-13,16-18H,14-15,19-21H2,1H3. The molecule has 0 unspecified atom stereocenters. The summed E-state index contributed by atoms with van der Waals surface area (Å²) in [6.45, 7) is 4.96. The first-order valence-electron chi connectivity index (χ1n) is 12.2. The molecular weight excluding hydrogens is 416 g/mol. The highest BCUT2D eigenvalue weighted by Crippen LogP contribution is 2.43. The van der Waals surface area contributed by atoms with Crippen LogP contribution in [0.4, 0.5) is 17.1 Å². The first-order valence-corrected chi connectivity index (χ1v) is 12.2. The Morgan fingerprint density at radius 2 is 1.32 bits per heavy atom. The van der Waals surface area contributed by atoms with Crippen LogP contribution in [0.5, 0.6) is 0 Å². The quantitative estimate of drug-likeness (QED) is 0.288. The molecule has 0 aliphatic carbocycles. The number of rotatable bonds is 3. The topological polar surface area (TPSA) is 17.4 Å². The van der Waals surface area contributed by atoms with Gasteiger partial charge in [0.05, 0.1) is 18.7 Å². The predicted molar refractivity (Wildman–Crippen MR) is 140 cm³/mol. The van der Waals surface area contributed by atoms with Crippen molar-refractivity contribution < 1.29 is 4.74 Å². The van der Waals surface area contributed by atoms with E-state index in [1.54, 1.807) is 0 Å². The van der Waals surface area contributed by atoms with E-state index in [2.05, 4.69) is 107 Å². The van der Waals surface area contributed by atoms with Gasteiger partial charge in [-0.1, -0.05) is 67.6 Å². The van der Waals surface area contributed by atoms with Crippen LogP contribution in [0.25, 0.3) is 21.8 Å². The van der Waals surface area contributed by atoms with E-state index in [1.807, 2.05) is 0 Å². The number of aryl methyl sites for hydroxylation is 2. The van der Waals surface area contributed by atoms with Gasteiger partial charge in [-0.15, -0.1) is 0 Å². The fraction of sp³-hybridized carbons (Fsp3) is 0.226. The second-order valence-electron chi connectivity index (χ2n) is 10.2. The molecule has 1 saturated heterocycles. The molecule has 3 nitrogen and oxygen atoms in total. The van der Waals surface area contributed by atoms with Crippen molar-refractivity contribution in [1.82, 2.24) is 4.57 Å². The van der Waals surface area contributed by atoms with E-state index in [4.69, 9.17) is 4.74 Å². The molecule has 3 heteroatoms. The van der Waals surface area contributed by atoms with Crippen LogP contribution < -0.4 is 4.90 Å². The summed E-state index contributed by atoms with van der Waals surface area (Å²) < 4.78 is 8.12. The van der Waals surface area contributed by atoms with E-state index in [0.717, 1.165) is 32.6 Å². The number of anilines is 3. The summed E-state index contributed by atoms with van der Waals surface area (Å²) in [5.74, 6) is 0. The molecule has 1 aromatic heterocycles. The number of hydrogen-bond donors (Lipinski definition) is 0. The fourth-order valence-electron chi connectivity index (χ4n) is 5.83. The van der Waals surface area contributed by atoms with E-state index >= 15 is 0 Å². The highest BCUT2D eigenvalue weighted by molar-refractivity contribution is 6.09. The van der Waals surface area contributed by atoms with Gasteiger partial charge in [-0.05, 0) is 54.3 Å². The molecular formula is C31H28N2O. The lowest BCUT2D eigenvalue weighted by molar-refractivity contribution is -0.109. The molecule has 0 atom stereocenters. The van der Waals surface area contributed by atoms with Gasteiger partial charge in [0.1, 0.15) is 0 Å². The van der Waals surface area contributed by atoms with Crippen molar-refractivity contribution in [2.24, 2.45) is 5.41 Å². The molecule has 4 aromatic carbocycles. The zero-order valence-corrected chi connectivity index (χ0v) is 19.5. The maximum absolute atomic E-state index is 5.60. The van der Waals surface area contributed by atoms with E-state index in [0.29, 0.717) is 0 Å². The Labute approximate surface area is 200 Å². The molecule has 168 valence electrons. The molecule has 34 heavy (non-hydrogen) atoms. The maximum atomic E-state index is 5.60. The second kappa shape index (κ2) is 7.48. The lowest BCUT2D eigenvalue weighted by atomic mass is 9.88. The maximum Gasteiger partial charge on any atom is 0.0559 e. The summed E-state index contributed by atoms with van der Waals surface area (Å²) in [6.07, 6.45) is 2.12. The van der Waals surface area contributed by atoms with Gasteiger partial charge in [0.15, 0.2) is 0 Å². The number of para-hydroxylation sites is 3. The molecule has 0 N–H and O–H groups in total. The largest absolute Gasteiger partial charge is 0.380 e. The number of ether oxygens (including phenoxy) is 1. The van der Waals surface area contributed by atoms with Crippen LogP contribution >= 0.6 is 0 Å². The fourth-order valence-corrected chi connectivity index (χ4v) is 5.83. The molecule has 0 bridgehead atoms. The molecule has 7 rings (SSSR count). The molecule has 5 aromatic rings. The third-order valence-electron chi connectivity index (χ3n) is 7.58. The van der Waals surface area contributed by atoms with Crippen LogP contribution in [0, 0.1) is 5.41 Å². The van der Waals surface area contributed by atoms with Gasteiger partial charge in [-0.3, -0.25) is 0 Å². The molecule has 0 spiro atoms. The summed E-state index contributed by atoms with van der Waals surface area (Å²) in [5, 5.41) is 2.64. The van der Waals surface area contributed by atoms with E-state index < -0.39 is 0 Å². The Hall–Kier alpha value is -3.56. The van der Waals surface area contributed by atoms with Crippen LogP contribution in [0.2, 0.25) is 0 Å². The van der Waals surface area contributed by atoms with Crippen molar-refractivity contribution >= 4 is 38.9 Å². The number of nitrogens with zero attached hydrogens (tertiary/aromatic N) is 2. The van der Waals surface area contributed by atoms with Crippen molar-refractivity contribution in [3.63, 3.8) is 0 Å². The van der Waals surface area contributed by atoms with Crippen molar-refractivity contribution in [2.75, 3.05) is 18.1 Å². The Kier molecular flexibility index (Phi) is 4.37. The summed E-state index contributed by atoms with van der Waals surface area (Å²) in [7, 11) is 0. The SMILES string of the molecule is CC1(Cn2c3ccccc3c3ccc(N4c5ccccc5CCc5ccccc54)cc32)COC1. The lowest BCUT2D eigenvalue weighted by Crippen LogP contribution is -2.43. The third-order valence-corrected chi connectivity index (χ3v) is 7.58. The molecule has 1 fully saturated rings. The minimum Gasteiger partial charge on any atom is -0.380 e. The normalized spacial score (nSPS) is 16.7. The summed E-state index contributed by atoms with van der Waals surface area (Å²) >= 11 is 0. The monoisotopic (exact) mass is 444 g/mol. The van der Waals surface area contributed by atoms with Crippen LogP contribution in [-0.2, 0) is 24.1 Å². The smallest absolute Gasteiger partial charge is 0.0559 e. The van der Waals surface area contributed by atoms with Gasteiger partial charge < -0.3 is 14.2 Å². The molecule has 3 heterocycles. The van der Waals surface area contributed by atoms with Gasteiger partial charge in [-0.2, -0.15) is 0 Å². The van der Waals surface area contributed by atoms with E-state index in [-0.39, 0.29) is 5.41 Å². The van der Waals surface area contributed by atoms with Gasteiger partial charge >= 0.3 is 0 Å². The van der Waals surface area contributed by atoms with Crippen molar-refractivity contribution in [3.05, 3.63) is 102 Å². The Balaban J connectivity index is 1.48. The second-order valence-corrected chi connectivity index (χ2v) is 10.2. The van der Waals surface area contributed by atoms with Crippen LogP contribution in [0.1, 0.15) is 18.1 Å². The van der Waals surface area contributed by atoms with Crippen molar-refractivity contribution in [2.45, 2.75) is 26.3 Å². The number of aromatic nitrogens is 1. The minimum atomic E-state index is 0.187. The average molecular weight is 445 g/mol. The van der Waals surface area contributed by atoms with E-state index in [1.165, 1.54) is 50.0 Å². The van der Waals surface area contributed by atoms with Crippen LogP contribution in [-0.4, -0.2) is 17.8 Å². The predicted octanol–water partition coefficient (Wildman–Crippen LogP) is 7.40. The zero-order chi connectivity index (χ0) is 22.7. The minimum absolute atomic E-state index is 0.187. The van der Waals surface area contributed by atoms with Crippen molar-refractivity contribution in [1.29, 1.82) is 0 Å². The highest BCUT2D eigenvalue weighted by Gasteiger charge is 2.34. The van der Waals surface area contributed by atoms with Gasteiger partial charge in [-0.25, -0.2) is 0 Å². The summed E-state index contributed by atoms with van der Waals surface area (Å²) in [5.41, 5.74) is 9.38. The van der Waals surface area contributed by atoms with E-state index in [9.17, 15) is 0 Å². The molecule has 2 aliphatic heterocycles. The molecule has 2 aliphatic rings. The summed E-state index contributed by atoms with van der Waals surface area (Å²) in [6, 6.07) is 33.6. The lowest BCUT2D eigenvalue weighted by Gasteiger charge is -2.38. The number of hydrogen-bond acceptors (Lipinski definition) is 2. The summed E-state index contributed by atoms with van der Waals surface area (Å²) in [4.78, 5) is 2.47. The molecule has 0 saturated carbocycles. The number of fused-ring (bicyclic) bond motifs is 5. The molecule has 0 radical (unpaired) electrons. The highest BCUT2D eigenvalue weighted by atomic mass is 16.5. The Morgan fingerprint density at radius 1 is 0.706 bits per heavy atom. The third kappa shape index (κ3) is 3.00. The Bertz CT molecular complexity index is 1490. The Morgan fingerprint density at radius 3 is 2.00 bits per heavy atom. The van der Waals surface area contributed by atoms with Crippen LogP contribution in [0.15, 0.2) is 91.0 Å². The van der Waals surface area contributed by atoms with Gasteiger partial charge in [0, 0.05) is 45.3 Å². The van der Waals surface area contributed by atoms with Gasteiger partial charge in [0.2, 0.25) is 0 Å².